The molecule has 0 saturated heterocycles. The molecule has 3 nitrogen and oxygen atoms in total. The van der Waals surface area contributed by atoms with E-state index in [1.54, 1.807) is 11.3 Å². The molecule has 0 bridgehead atoms. The zero-order valence-corrected chi connectivity index (χ0v) is 13.5. The number of thiophene rings is 1. The van der Waals surface area contributed by atoms with Gasteiger partial charge >= 0.3 is 0 Å². The van der Waals surface area contributed by atoms with Gasteiger partial charge in [-0.1, -0.05) is 24.3 Å². The Morgan fingerprint density at radius 1 is 1.32 bits per heavy atom. The lowest BCUT2D eigenvalue weighted by molar-refractivity contribution is 0.108. The van der Waals surface area contributed by atoms with Crippen molar-refractivity contribution in [3.05, 3.63) is 57.4 Å². The van der Waals surface area contributed by atoms with Gasteiger partial charge < -0.3 is 10.1 Å². The number of H-pyrrole nitrogens is 1. The van der Waals surface area contributed by atoms with Crippen LogP contribution in [0.2, 0.25) is 0 Å². The molecule has 4 rings (SSSR count). The van der Waals surface area contributed by atoms with Gasteiger partial charge in [0.25, 0.3) is 0 Å². The molecular weight excluding hydrogens is 292 g/mol. The van der Waals surface area contributed by atoms with Gasteiger partial charge in [-0.05, 0) is 29.5 Å². The van der Waals surface area contributed by atoms with Crippen LogP contribution >= 0.6 is 11.3 Å². The molecule has 2 N–H and O–H groups in total. The molecular formula is C18H20N2OS. The normalized spacial score (nSPS) is 16.8. The number of aliphatic hydroxyl groups is 1. The highest BCUT2D eigenvalue weighted by Gasteiger charge is 2.23. The number of fused-ring (bicyclic) bond motifs is 3. The SMILES string of the molecule is Cc1cccc2c3c([nH]c12)CCN(CC(O)c1cccs1)C3. The van der Waals surface area contributed by atoms with Crippen LogP contribution in [0.1, 0.15) is 27.8 Å². The van der Waals surface area contributed by atoms with Crippen molar-refractivity contribution in [2.75, 3.05) is 13.1 Å². The summed E-state index contributed by atoms with van der Waals surface area (Å²) in [4.78, 5) is 7.02. The third-order valence-electron chi connectivity index (χ3n) is 4.60. The second kappa shape index (κ2) is 5.54. The Morgan fingerprint density at radius 2 is 2.23 bits per heavy atom. The lowest BCUT2D eigenvalue weighted by Gasteiger charge is -2.28. The van der Waals surface area contributed by atoms with Crippen molar-refractivity contribution < 1.29 is 5.11 Å². The summed E-state index contributed by atoms with van der Waals surface area (Å²) < 4.78 is 0. The maximum absolute atomic E-state index is 10.4. The molecule has 22 heavy (non-hydrogen) atoms. The van der Waals surface area contributed by atoms with Crippen molar-refractivity contribution in [3.8, 4) is 0 Å². The Morgan fingerprint density at radius 3 is 3.05 bits per heavy atom. The number of aliphatic hydroxyl groups excluding tert-OH is 1. The number of aromatic amines is 1. The smallest absolute Gasteiger partial charge is 0.101 e. The van der Waals surface area contributed by atoms with Gasteiger partial charge in [-0.2, -0.15) is 0 Å². The van der Waals surface area contributed by atoms with Crippen LogP contribution in [0.5, 0.6) is 0 Å². The lowest BCUT2D eigenvalue weighted by atomic mass is 10.0. The van der Waals surface area contributed by atoms with Crippen molar-refractivity contribution in [2.24, 2.45) is 0 Å². The minimum atomic E-state index is -0.381. The van der Waals surface area contributed by atoms with Crippen molar-refractivity contribution in [1.29, 1.82) is 0 Å². The molecule has 1 aliphatic heterocycles. The van der Waals surface area contributed by atoms with E-state index in [1.807, 2.05) is 17.5 Å². The number of β-amino-alcohol motifs (C(OH)–C–C–N with tert-alkyl or cyclic N) is 1. The van der Waals surface area contributed by atoms with Crippen molar-refractivity contribution >= 4 is 22.2 Å². The minimum Gasteiger partial charge on any atom is -0.386 e. The van der Waals surface area contributed by atoms with Crippen molar-refractivity contribution in [3.63, 3.8) is 0 Å². The van der Waals surface area contributed by atoms with E-state index in [-0.39, 0.29) is 6.10 Å². The Balaban J connectivity index is 1.58. The van der Waals surface area contributed by atoms with Gasteiger partial charge in [-0.25, -0.2) is 0 Å². The monoisotopic (exact) mass is 312 g/mol. The zero-order chi connectivity index (χ0) is 15.1. The van der Waals surface area contributed by atoms with Crippen LogP contribution in [0.4, 0.5) is 0 Å². The topological polar surface area (TPSA) is 39.3 Å². The van der Waals surface area contributed by atoms with E-state index < -0.39 is 0 Å². The molecule has 0 aliphatic carbocycles. The molecule has 1 aromatic carbocycles. The van der Waals surface area contributed by atoms with Crippen LogP contribution in [0.3, 0.4) is 0 Å². The lowest BCUT2D eigenvalue weighted by Crippen LogP contribution is -2.33. The first-order chi connectivity index (χ1) is 10.7. The van der Waals surface area contributed by atoms with Crippen LogP contribution in [0.15, 0.2) is 35.7 Å². The van der Waals surface area contributed by atoms with Gasteiger partial charge in [-0.15, -0.1) is 11.3 Å². The van der Waals surface area contributed by atoms with Crippen LogP contribution in [-0.2, 0) is 13.0 Å². The number of aromatic nitrogens is 1. The third-order valence-corrected chi connectivity index (χ3v) is 5.57. The molecule has 4 heteroatoms. The first-order valence-electron chi connectivity index (χ1n) is 7.75. The van der Waals surface area contributed by atoms with Crippen molar-refractivity contribution in [2.45, 2.75) is 26.0 Å². The molecule has 0 saturated carbocycles. The number of nitrogens with zero attached hydrogens (tertiary/aromatic N) is 1. The number of rotatable bonds is 3. The summed E-state index contributed by atoms with van der Waals surface area (Å²) >= 11 is 1.63. The highest BCUT2D eigenvalue weighted by Crippen LogP contribution is 2.30. The van der Waals surface area contributed by atoms with Gasteiger partial charge in [0.2, 0.25) is 0 Å². The summed E-state index contributed by atoms with van der Waals surface area (Å²) in [5.74, 6) is 0. The predicted molar refractivity (Wildman–Crippen MR) is 91.3 cm³/mol. The predicted octanol–water partition coefficient (Wildman–Crippen LogP) is 3.63. The van der Waals surface area contributed by atoms with E-state index in [4.69, 9.17) is 0 Å². The van der Waals surface area contributed by atoms with Gasteiger partial charge in [-0.3, -0.25) is 4.90 Å². The standard InChI is InChI=1S/C18H20N2OS/c1-12-4-2-5-13-14-10-20(8-7-15(14)19-18(12)13)11-16(21)17-6-3-9-22-17/h2-6,9,16,19,21H,7-8,10-11H2,1H3. The fraction of sp³-hybridized carbons (Fsp3) is 0.333. The van der Waals surface area contributed by atoms with E-state index >= 15 is 0 Å². The zero-order valence-electron chi connectivity index (χ0n) is 12.7. The van der Waals surface area contributed by atoms with Crippen LogP contribution in [0, 0.1) is 6.92 Å². The summed E-state index contributed by atoms with van der Waals surface area (Å²) in [6, 6.07) is 10.5. The third kappa shape index (κ3) is 2.37. The summed E-state index contributed by atoms with van der Waals surface area (Å²) in [5, 5.41) is 13.7. The first-order valence-corrected chi connectivity index (χ1v) is 8.63. The first kappa shape index (κ1) is 14.0. The molecule has 114 valence electrons. The van der Waals surface area contributed by atoms with E-state index in [1.165, 1.54) is 27.7 Å². The largest absolute Gasteiger partial charge is 0.386 e. The number of aryl methyl sites for hydroxylation is 1. The molecule has 0 radical (unpaired) electrons. The fourth-order valence-electron chi connectivity index (χ4n) is 3.41. The fourth-order valence-corrected chi connectivity index (χ4v) is 4.11. The Labute approximate surface area is 134 Å². The molecule has 0 fully saturated rings. The quantitative estimate of drug-likeness (QED) is 0.775. The molecule has 2 aromatic heterocycles. The van der Waals surface area contributed by atoms with E-state index in [9.17, 15) is 5.11 Å². The molecule has 1 atom stereocenters. The number of para-hydroxylation sites is 1. The Kier molecular flexibility index (Phi) is 3.53. The van der Waals surface area contributed by atoms with Gasteiger partial charge in [0.15, 0.2) is 0 Å². The van der Waals surface area contributed by atoms with Crippen LogP contribution < -0.4 is 0 Å². The van der Waals surface area contributed by atoms with Gasteiger partial charge in [0, 0.05) is 47.5 Å². The second-order valence-electron chi connectivity index (χ2n) is 6.10. The molecule has 3 heterocycles. The van der Waals surface area contributed by atoms with Crippen LogP contribution in [-0.4, -0.2) is 28.1 Å². The summed E-state index contributed by atoms with van der Waals surface area (Å²) in [5.41, 5.74) is 5.35. The van der Waals surface area contributed by atoms with E-state index in [0.717, 1.165) is 24.4 Å². The van der Waals surface area contributed by atoms with E-state index in [2.05, 4.69) is 35.0 Å². The van der Waals surface area contributed by atoms with E-state index in [0.29, 0.717) is 6.54 Å². The minimum absolute atomic E-state index is 0.381. The van der Waals surface area contributed by atoms with Crippen molar-refractivity contribution in [1.82, 2.24) is 9.88 Å². The number of nitrogens with one attached hydrogen (secondary N) is 1. The average Bonchev–Trinajstić information content (AvgIpc) is 3.15. The molecule has 3 aromatic rings. The highest BCUT2D eigenvalue weighted by molar-refractivity contribution is 7.10. The maximum atomic E-state index is 10.4. The Hall–Kier alpha value is -1.62. The molecule has 0 amide bonds. The number of hydrogen-bond acceptors (Lipinski definition) is 3. The average molecular weight is 312 g/mol. The summed E-state index contributed by atoms with van der Waals surface area (Å²) in [6.07, 6.45) is 0.647. The molecule has 1 unspecified atom stereocenters. The van der Waals surface area contributed by atoms with Crippen LogP contribution in [0.25, 0.3) is 10.9 Å². The van der Waals surface area contributed by atoms with Gasteiger partial charge in [0.05, 0.1) is 0 Å². The Bertz CT molecular complexity index is 791. The summed E-state index contributed by atoms with van der Waals surface area (Å²) in [7, 11) is 0. The molecule has 1 aliphatic rings. The van der Waals surface area contributed by atoms with Gasteiger partial charge in [0.1, 0.15) is 6.10 Å². The summed E-state index contributed by atoms with van der Waals surface area (Å²) in [6.45, 7) is 4.78. The second-order valence-corrected chi connectivity index (χ2v) is 7.08. The number of hydrogen-bond donors (Lipinski definition) is 2. The highest BCUT2D eigenvalue weighted by atomic mass is 32.1. The maximum Gasteiger partial charge on any atom is 0.101 e. The number of benzene rings is 1. The molecule has 0 spiro atoms.